The number of benzene rings is 1. The number of methoxy groups -OCH3 is 1. The second-order valence-corrected chi connectivity index (χ2v) is 9.16. The SMILES string of the molecule is COC(=O)c1c(C)c2c(c(Cl)c1Br)CC(C)(C1CCC(N(C)C)CC1)O2. The fraction of sp³-hybridized carbons (Fsp3) is 0.650. The molecule has 1 heterocycles. The van der Waals surface area contributed by atoms with Gasteiger partial charge in [0.2, 0.25) is 0 Å². The van der Waals surface area contributed by atoms with E-state index < -0.39 is 5.97 Å². The van der Waals surface area contributed by atoms with Crippen LogP contribution in [0.2, 0.25) is 5.02 Å². The van der Waals surface area contributed by atoms with Crippen molar-refractivity contribution in [2.24, 2.45) is 5.92 Å². The van der Waals surface area contributed by atoms with E-state index >= 15 is 0 Å². The Morgan fingerprint density at radius 3 is 2.46 bits per heavy atom. The normalized spacial score (nSPS) is 28.0. The van der Waals surface area contributed by atoms with E-state index in [0.29, 0.717) is 27.0 Å². The van der Waals surface area contributed by atoms with Crippen molar-refractivity contribution >= 4 is 33.5 Å². The summed E-state index contributed by atoms with van der Waals surface area (Å²) < 4.78 is 12.0. The minimum absolute atomic E-state index is 0.276. The van der Waals surface area contributed by atoms with Gasteiger partial charge in [-0.25, -0.2) is 4.79 Å². The van der Waals surface area contributed by atoms with Crippen LogP contribution in [0.4, 0.5) is 0 Å². The molecule has 2 aliphatic rings. The average Bonchev–Trinajstić information content (AvgIpc) is 2.99. The van der Waals surface area contributed by atoms with Crippen LogP contribution in [0.3, 0.4) is 0 Å². The van der Waals surface area contributed by atoms with Crippen molar-refractivity contribution < 1.29 is 14.3 Å². The summed E-state index contributed by atoms with van der Waals surface area (Å²) in [4.78, 5) is 14.5. The summed E-state index contributed by atoms with van der Waals surface area (Å²) in [7, 11) is 5.69. The first-order chi connectivity index (χ1) is 12.2. The minimum Gasteiger partial charge on any atom is -0.486 e. The Balaban J connectivity index is 1.90. The van der Waals surface area contributed by atoms with Gasteiger partial charge >= 0.3 is 5.97 Å². The van der Waals surface area contributed by atoms with Crippen LogP contribution in [0.1, 0.15) is 54.1 Å². The predicted octanol–water partition coefficient (Wildman–Crippen LogP) is 5.01. The smallest absolute Gasteiger partial charge is 0.339 e. The highest BCUT2D eigenvalue weighted by Gasteiger charge is 2.46. The molecule has 144 valence electrons. The number of carbonyl (C=O) groups excluding carboxylic acids is 1. The lowest BCUT2D eigenvalue weighted by molar-refractivity contribution is 0.0157. The molecule has 1 unspecified atom stereocenters. The summed E-state index contributed by atoms with van der Waals surface area (Å²) in [6.07, 6.45) is 5.46. The Morgan fingerprint density at radius 2 is 1.92 bits per heavy atom. The van der Waals surface area contributed by atoms with Gasteiger partial charge in [0, 0.05) is 23.6 Å². The van der Waals surface area contributed by atoms with Crippen molar-refractivity contribution in [2.45, 2.75) is 57.6 Å². The van der Waals surface area contributed by atoms with Crippen LogP contribution in [-0.2, 0) is 11.2 Å². The molecule has 0 aromatic heterocycles. The average molecular weight is 445 g/mol. The predicted molar refractivity (Wildman–Crippen MR) is 107 cm³/mol. The van der Waals surface area contributed by atoms with Crippen molar-refractivity contribution in [3.8, 4) is 5.75 Å². The van der Waals surface area contributed by atoms with Crippen LogP contribution in [0.25, 0.3) is 0 Å². The Bertz CT molecular complexity index is 729. The molecule has 0 bridgehead atoms. The molecule has 1 saturated carbocycles. The molecule has 6 heteroatoms. The molecule has 0 saturated heterocycles. The van der Waals surface area contributed by atoms with Gasteiger partial charge in [0.1, 0.15) is 11.4 Å². The van der Waals surface area contributed by atoms with Crippen LogP contribution in [-0.4, -0.2) is 43.7 Å². The van der Waals surface area contributed by atoms with E-state index in [2.05, 4.69) is 41.8 Å². The van der Waals surface area contributed by atoms with E-state index in [1.54, 1.807) is 0 Å². The van der Waals surface area contributed by atoms with E-state index in [0.717, 1.165) is 36.1 Å². The molecule has 1 aromatic rings. The van der Waals surface area contributed by atoms with Gasteiger partial charge < -0.3 is 14.4 Å². The first-order valence-electron chi connectivity index (χ1n) is 9.13. The third-order valence-electron chi connectivity index (χ3n) is 6.21. The monoisotopic (exact) mass is 443 g/mol. The number of rotatable bonds is 3. The van der Waals surface area contributed by atoms with Gasteiger partial charge in [0.05, 0.1) is 22.2 Å². The Labute approximate surface area is 169 Å². The maximum atomic E-state index is 12.2. The standard InChI is InChI=1S/C20H27BrClNO3/c1-11-15(19(24)25-5)16(21)17(22)14-10-20(2,26-18(11)14)12-6-8-13(9-7-12)23(3)4/h12-13H,6-10H2,1-5H3. The highest BCUT2D eigenvalue weighted by atomic mass is 79.9. The highest BCUT2D eigenvalue weighted by Crippen LogP contribution is 2.51. The van der Waals surface area contributed by atoms with Crippen LogP contribution in [0.15, 0.2) is 4.47 Å². The molecule has 0 radical (unpaired) electrons. The van der Waals surface area contributed by atoms with Crippen LogP contribution in [0.5, 0.6) is 5.75 Å². The number of hydrogen-bond acceptors (Lipinski definition) is 4. The van der Waals surface area contributed by atoms with Gasteiger partial charge in [0.25, 0.3) is 0 Å². The van der Waals surface area contributed by atoms with E-state index in [1.165, 1.54) is 20.0 Å². The van der Waals surface area contributed by atoms with Crippen molar-refractivity contribution in [1.82, 2.24) is 4.90 Å². The number of carbonyl (C=O) groups is 1. The third-order valence-corrected chi connectivity index (χ3v) is 7.65. The van der Waals surface area contributed by atoms with E-state index in [9.17, 15) is 4.79 Å². The van der Waals surface area contributed by atoms with Gasteiger partial charge in [-0.15, -0.1) is 0 Å². The Hall–Kier alpha value is -0.780. The van der Waals surface area contributed by atoms with E-state index in [-0.39, 0.29) is 5.60 Å². The van der Waals surface area contributed by atoms with E-state index in [4.69, 9.17) is 21.1 Å². The number of ether oxygens (including phenoxy) is 2. The molecule has 1 fully saturated rings. The summed E-state index contributed by atoms with van der Waals surface area (Å²) in [6, 6.07) is 0.657. The fourth-order valence-electron chi connectivity index (χ4n) is 4.54. The molecule has 3 rings (SSSR count). The minimum atomic E-state index is -0.400. The second kappa shape index (κ2) is 7.33. The molecule has 1 aliphatic heterocycles. The van der Waals surface area contributed by atoms with Crippen LogP contribution in [0, 0.1) is 12.8 Å². The maximum absolute atomic E-state index is 12.2. The first kappa shape index (κ1) is 20.0. The molecule has 26 heavy (non-hydrogen) atoms. The fourth-order valence-corrected chi connectivity index (χ4v) is 5.48. The summed E-state index contributed by atoms with van der Waals surface area (Å²) in [5.41, 5.74) is 1.98. The Kier molecular flexibility index (Phi) is 5.63. The largest absolute Gasteiger partial charge is 0.486 e. The van der Waals surface area contributed by atoms with Crippen molar-refractivity contribution in [3.63, 3.8) is 0 Å². The van der Waals surface area contributed by atoms with Crippen molar-refractivity contribution in [3.05, 3.63) is 26.2 Å². The molecular formula is C20H27BrClNO3. The summed E-state index contributed by atoms with van der Waals surface area (Å²) in [6.45, 7) is 4.09. The summed E-state index contributed by atoms with van der Waals surface area (Å²) >= 11 is 10.1. The lowest BCUT2D eigenvalue weighted by Crippen LogP contribution is -2.44. The molecule has 0 spiro atoms. The molecule has 0 amide bonds. The molecule has 4 nitrogen and oxygen atoms in total. The van der Waals surface area contributed by atoms with Gasteiger partial charge in [-0.2, -0.15) is 0 Å². The number of nitrogens with zero attached hydrogens (tertiary/aromatic N) is 1. The molecule has 0 N–H and O–H groups in total. The quantitative estimate of drug-likeness (QED) is 0.614. The van der Waals surface area contributed by atoms with Gasteiger partial charge in [0.15, 0.2) is 0 Å². The zero-order valence-corrected chi connectivity index (χ0v) is 18.5. The van der Waals surface area contributed by atoms with Gasteiger partial charge in [-0.1, -0.05) is 11.6 Å². The molecular weight excluding hydrogens is 418 g/mol. The van der Waals surface area contributed by atoms with Gasteiger partial charge in [-0.3, -0.25) is 0 Å². The van der Waals surface area contributed by atoms with Crippen molar-refractivity contribution in [1.29, 1.82) is 0 Å². The third kappa shape index (κ3) is 3.27. The van der Waals surface area contributed by atoms with E-state index in [1.807, 2.05) is 6.92 Å². The van der Waals surface area contributed by atoms with Crippen LogP contribution < -0.4 is 4.74 Å². The number of fused-ring (bicyclic) bond motifs is 1. The molecule has 1 atom stereocenters. The number of halogens is 2. The lowest BCUT2D eigenvalue weighted by atomic mass is 9.74. The Morgan fingerprint density at radius 1 is 1.31 bits per heavy atom. The topological polar surface area (TPSA) is 38.8 Å². The van der Waals surface area contributed by atoms with Crippen LogP contribution >= 0.6 is 27.5 Å². The summed E-state index contributed by atoms with van der Waals surface area (Å²) in [5.74, 6) is 0.848. The molecule has 1 aromatic carbocycles. The maximum Gasteiger partial charge on any atom is 0.339 e. The zero-order chi connectivity index (χ0) is 19.2. The van der Waals surface area contributed by atoms with Crippen molar-refractivity contribution in [2.75, 3.05) is 21.2 Å². The highest BCUT2D eigenvalue weighted by molar-refractivity contribution is 9.10. The second-order valence-electron chi connectivity index (χ2n) is 7.99. The lowest BCUT2D eigenvalue weighted by Gasteiger charge is -2.40. The van der Waals surface area contributed by atoms with Gasteiger partial charge in [-0.05, 0) is 75.5 Å². The first-order valence-corrected chi connectivity index (χ1v) is 10.3. The zero-order valence-electron chi connectivity index (χ0n) is 16.1. The number of hydrogen-bond donors (Lipinski definition) is 0. The molecule has 1 aliphatic carbocycles. The number of esters is 1. The summed E-state index contributed by atoms with van der Waals surface area (Å²) in [5, 5.41) is 0.566.